The Labute approximate surface area is 175 Å². The van der Waals surface area contributed by atoms with E-state index in [1.807, 2.05) is 0 Å². The van der Waals surface area contributed by atoms with Crippen LogP contribution in [-0.2, 0) is 12.4 Å². The lowest BCUT2D eigenvalue weighted by Gasteiger charge is -2.17. The standard InChI is InChI=1S/C18H12ClF6N5O/c1-9(15-27-8-28-30(15)14-3-2-13(19)7-26-14)29-16(31)10-4-11(17(20,21)22)6-12(5-10)18(23,24)25/h2-9H,1H3,(H,29,31). The van der Waals surface area contributed by atoms with Crippen molar-refractivity contribution in [1.82, 2.24) is 25.1 Å². The van der Waals surface area contributed by atoms with Crippen LogP contribution in [0.3, 0.4) is 0 Å². The summed E-state index contributed by atoms with van der Waals surface area (Å²) in [5.74, 6) is -0.717. The summed E-state index contributed by atoms with van der Waals surface area (Å²) < 4.78 is 79.3. The molecule has 3 rings (SSSR count). The highest BCUT2D eigenvalue weighted by molar-refractivity contribution is 6.30. The summed E-state index contributed by atoms with van der Waals surface area (Å²) >= 11 is 5.78. The molecule has 0 saturated heterocycles. The van der Waals surface area contributed by atoms with Gasteiger partial charge in [0.25, 0.3) is 5.91 Å². The average Bonchev–Trinajstić information content (AvgIpc) is 3.16. The Hall–Kier alpha value is -3.15. The van der Waals surface area contributed by atoms with Crippen LogP contribution in [0.5, 0.6) is 0 Å². The zero-order valence-corrected chi connectivity index (χ0v) is 16.2. The molecule has 2 aromatic heterocycles. The number of hydrogen-bond acceptors (Lipinski definition) is 4. The van der Waals surface area contributed by atoms with Gasteiger partial charge in [-0.15, -0.1) is 0 Å². The number of carbonyl (C=O) groups excluding carboxylic acids is 1. The maximum Gasteiger partial charge on any atom is 0.416 e. The van der Waals surface area contributed by atoms with Crippen molar-refractivity contribution in [3.63, 3.8) is 0 Å². The van der Waals surface area contributed by atoms with Gasteiger partial charge in [-0.2, -0.15) is 36.1 Å². The predicted octanol–water partition coefficient (Wildman–Crippen LogP) is 4.84. The zero-order chi connectivity index (χ0) is 23.0. The predicted molar refractivity (Wildman–Crippen MR) is 96.5 cm³/mol. The maximum absolute atomic E-state index is 13.0. The zero-order valence-electron chi connectivity index (χ0n) is 15.5. The minimum Gasteiger partial charge on any atom is -0.342 e. The fourth-order valence-electron chi connectivity index (χ4n) is 2.65. The van der Waals surface area contributed by atoms with Crippen molar-refractivity contribution in [3.05, 3.63) is 70.4 Å². The summed E-state index contributed by atoms with van der Waals surface area (Å²) in [5, 5.41) is 6.65. The summed E-state index contributed by atoms with van der Waals surface area (Å²) in [6.45, 7) is 1.44. The van der Waals surface area contributed by atoms with E-state index >= 15 is 0 Å². The third-order valence-corrected chi connectivity index (χ3v) is 4.31. The van der Waals surface area contributed by atoms with E-state index in [-0.39, 0.29) is 17.7 Å². The molecule has 0 bridgehead atoms. The van der Waals surface area contributed by atoms with E-state index in [9.17, 15) is 31.1 Å². The van der Waals surface area contributed by atoms with Crippen molar-refractivity contribution >= 4 is 17.5 Å². The second-order valence-corrected chi connectivity index (χ2v) is 6.79. The number of hydrogen-bond donors (Lipinski definition) is 1. The molecule has 164 valence electrons. The first-order chi connectivity index (χ1) is 14.4. The van der Waals surface area contributed by atoms with E-state index in [1.165, 1.54) is 29.9 Å². The molecule has 3 aromatic rings. The largest absolute Gasteiger partial charge is 0.416 e. The number of halogens is 7. The van der Waals surface area contributed by atoms with E-state index in [2.05, 4.69) is 20.4 Å². The van der Waals surface area contributed by atoms with Gasteiger partial charge in [-0.3, -0.25) is 4.79 Å². The van der Waals surface area contributed by atoms with Gasteiger partial charge in [0.15, 0.2) is 11.6 Å². The van der Waals surface area contributed by atoms with E-state index < -0.39 is 41.0 Å². The summed E-state index contributed by atoms with van der Waals surface area (Å²) in [4.78, 5) is 20.5. The molecule has 0 spiro atoms. The average molecular weight is 464 g/mol. The molecule has 1 aromatic carbocycles. The van der Waals surface area contributed by atoms with Crippen molar-refractivity contribution in [1.29, 1.82) is 0 Å². The molecule has 31 heavy (non-hydrogen) atoms. The number of pyridine rings is 1. The Morgan fingerprint density at radius 1 is 1.03 bits per heavy atom. The first-order valence-electron chi connectivity index (χ1n) is 8.48. The number of nitrogens with one attached hydrogen (secondary N) is 1. The summed E-state index contributed by atoms with van der Waals surface area (Å²) in [6, 6.07) is 2.75. The molecule has 1 unspecified atom stereocenters. The smallest absolute Gasteiger partial charge is 0.342 e. The Balaban J connectivity index is 1.90. The molecule has 0 aliphatic carbocycles. The molecule has 0 aliphatic rings. The highest BCUT2D eigenvalue weighted by Gasteiger charge is 2.37. The van der Waals surface area contributed by atoms with Gasteiger partial charge in [0.2, 0.25) is 0 Å². The molecule has 0 aliphatic heterocycles. The van der Waals surface area contributed by atoms with Crippen LogP contribution >= 0.6 is 11.6 Å². The van der Waals surface area contributed by atoms with Gasteiger partial charge in [-0.1, -0.05) is 11.6 Å². The molecular weight excluding hydrogens is 452 g/mol. The van der Waals surface area contributed by atoms with Crippen LogP contribution in [0.2, 0.25) is 5.02 Å². The van der Waals surface area contributed by atoms with Gasteiger partial charge in [0, 0.05) is 11.8 Å². The summed E-state index contributed by atoms with van der Waals surface area (Å²) in [5.41, 5.74) is -3.98. The van der Waals surface area contributed by atoms with E-state index in [0.29, 0.717) is 17.2 Å². The Bertz CT molecular complexity index is 1060. The van der Waals surface area contributed by atoms with Gasteiger partial charge in [-0.25, -0.2) is 9.97 Å². The topological polar surface area (TPSA) is 72.7 Å². The Morgan fingerprint density at radius 2 is 1.65 bits per heavy atom. The number of amides is 1. The van der Waals surface area contributed by atoms with Crippen LogP contribution in [0, 0.1) is 0 Å². The van der Waals surface area contributed by atoms with E-state index in [1.54, 1.807) is 0 Å². The molecule has 2 heterocycles. The maximum atomic E-state index is 13.0. The lowest BCUT2D eigenvalue weighted by atomic mass is 10.0. The fraction of sp³-hybridized carbons (Fsp3) is 0.222. The molecule has 1 amide bonds. The molecule has 0 radical (unpaired) electrons. The number of benzene rings is 1. The lowest BCUT2D eigenvalue weighted by molar-refractivity contribution is -0.143. The molecule has 0 fully saturated rings. The minimum absolute atomic E-state index is 0.0525. The summed E-state index contributed by atoms with van der Waals surface area (Å²) in [6.07, 6.45) is -7.64. The molecule has 6 nitrogen and oxygen atoms in total. The quantitative estimate of drug-likeness (QED) is 0.562. The van der Waals surface area contributed by atoms with Crippen LogP contribution < -0.4 is 5.32 Å². The van der Waals surface area contributed by atoms with Gasteiger partial charge < -0.3 is 5.32 Å². The van der Waals surface area contributed by atoms with Crippen molar-refractivity contribution in [2.24, 2.45) is 0 Å². The molecule has 0 saturated carbocycles. The van der Waals surface area contributed by atoms with Gasteiger partial charge >= 0.3 is 12.4 Å². The van der Waals surface area contributed by atoms with Crippen LogP contribution in [-0.4, -0.2) is 25.7 Å². The fourth-order valence-corrected chi connectivity index (χ4v) is 2.76. The van der Waals surface area contributed by atoms with Crippen LogP contribution in [0.4, 0.5) is 26.3 Å². The number of rotatable bonds is 4. The van der Waals surface area contributed by atoms with Gasteiger partial charge in [-0.05, 0) is 37.3 Å². The second-order valence-electron chi connectivity index (χ2n) is 6.35. The van der Waals surface area contributed by atoms with Crippen molar-refractivity contribution in [2.45, 2.75) is 25.3 Å². The minimum atomic E-state index is -5.07. The highest BCUT2D eigenvalue weighted by Crippen LogP contribution is 2.36. The monoisotopic (exact) mass is 463 g/mol. The third-order valence-electron chi connectivity index (χ3n) is 4.09. The van der Waals surface area contributed by atoms with Crippen LogP contribution in [0.25, 0.3) is 5.82 Å². The van der Waals surface area contributed by atoms with Crippen molar-refractivity contribution in [2.75, 3.05) is 0 Å². The lowest BCUT2D eigenvalue weighted by Crippen LogP contribution is -2.29. The normalized spacial score (nSPS) is 13.2. The Kier molecular flexibility index (Phi) is 5.94. The van der Waals surface area contributed by atoms with Gasteiger partial charge in [0.05, 0.1) is 22.2 Å². The third kappa shape index (κ3) is 5.13. The van der Waals surface area contributed by atoms with E-state index in [0.717, 1.165) is 6.33 Å². The SMILES string of the molecule is CC(NC(=O)c1cc(C(F)(F)F)cc(C(F)(F)F)c1)c1ncnn1-c1ccc(Cl)cn1. The van der Waals surface area contributed by atoms with Crippen LogP contribution in [0.1, 0.15) is 40.3 Å². The molecule has 1 N–H and O–H groups in total. The van der Waals surface area contributed by atoms with Crippen LogP contribution in [0.15, 0.2) is 42.9 Å². The molecular formula is C18H12ClF6N5O. The van der Waals surface area contributed by atoms with Gasteiger partial charge in [0.1, 0.15) is 6.33 Å². The first kappa shape index (κ1) is 22.5. The highest BCUT2D eigenvalue weighted by atomic mass is 35.5. The second kappa shape index (κ2) is 8.17. The number of alkyl halides is 6. The van der Waals surface area contributed by atoms with Crippen molar-refractivity contribution in [3.8, 4) is 5.82 Å². The Morgan fingerprint density at radius 3 is 2.16 bits per heavy atom. The summed E-state index contributed by atoms with van der Waals surface area (Å²) in [7, 11) is 0. The number of carbonyl (C=O) groups is 1. The molecule has 1 atom stereocenters. The van der Waals surface area contributed by atoms with E-state index in [4.69, 9.17) is 11.6 Å². The molecule has 13 heteroatoms. The first-order valence-corrected chi connectivity index (χ1v) is 8.86. The number of aromatic nitrogens is 4. The van der Waals surface area contributed by atoms with Crippen molar-refractivity contribution < 1.29 is 31.1 Å². The number of nitrogens with zero attached hydrogens (tertiary/aromatic N) is 4.